The highest BCUT2D eigenvalue weighted by molar-refractivity contribution is 5.91. The van der Waals surface area contributed by atoms with Gasteiger partial charge in [0.25, 0.3) is 5.91 Å². The maximum Gasteiger partial charge on any atom is 0.321 e. The molecule has 1 heterocycles. The number of methoxy groups -OCH3 is 1. The number of nitrogens with one attached hydrogen (secondary N) is 2. The van der Waals surface area contributed by atoms with Gasteiger partial charge >= 0.3 is 6.03 Å². The number of nitrogens with zero attached hydrogens (tertiary/aromatic N) is 1. The van der Waals surface area contributed by atoms with Crippen molar-refractivity contribution >= 4 is 17.6 Å². The van der Waals surface area contributed by atoms with Crippen LogP contribution in [0.4, 0.5) is 14.9 Å². The number of urea groups is 1. The quantitative estimate of drug-likeness (QED) is 0.724. The van der Waals surface area contributed by atoms with Crippen LogP contribution in [-0.2, 0) is 9.53 Å². The first-order chi connectivity index (χ1) is 12.5. The first-order valence-electron chi connectivity index (χ1n) is 8.74. The van der Waals surface area contributed by atoms with Gasteiger partial charge in [0.15, 0.2) is 5.67 Å². The average Bonchev–Trinajstić information content (AvgIpc) is 2.64. The predicted molar refractivity (Wildman–Crippen MR) is 96.2 cm³/mol. The molecule has 2 rings (SSSR count). The molecule has 0 aromatic heterocycles. The topological polar surface area (TPSA) is 79.9 Å². The molecule has 0 aliphatic carbocycles. The first kappa shape index (κ1) is 20.0. The molecule has 1 fully saturated rings. The summed E-state index contributed by atoms with van der Waals surface area (Å²) in [6.45, 7) is 3.27. The van der Waals surface area contributed by atoms with Crippen LogP contribution in [-0.4, -0.2) is 62.5 Å². The molecule has 8 heteroatoms. The van der Waals surface area contributed by atoms with Gasteiger partial charge in [-0.2, -0.15) is 0 Å². The number of rotatable bonds is 7. The smallest absolute Gasteiger partial charge is 0.321 e. The molecule has 0 radical (unpaired) electrons. The number of halogens is 1. The molecule has 7 nitrogen and oxygen atoms in total. The van der Waals surface area contributed by atoms with Crippen molar-refractivity contribution in [3.63, 3.8) is 0 Å². The Hall–Kier alpha value is -2.35. The number of hydrogen-bond acceptors (Lipinski definition) is 4. The minimum Gasteiger partial charge on any atom is -0.492 e. The van der Waals surface area contributed by atoms with Gasteiger partial charge in [-0.05, 0) is 19.1 Å². The summed E-state index contributed by atoms with van der Waals surface area (Å²) in [5, 5.41) is 5.31. The summed E-state index contributed by atoms with van der Waals surface area (Å²) in [7, 11) is 1.51. The second kappa shape index (κ2) is 9.38. The molecule has 1 aliphatic heterocycles. The number of carbonyl (C=O) groups excluding carboxylic acids is 2. The summed E-state index contributed by atoms with van der Waals surface area (Å²) < 4.78 is 25.1. The molecule has 1 aliphatic rings. The molecule has 0 atom stereocenters. The Kier molecular flexibility index (Phi) is 7.20. The van der Waals surface area contributed by atoms with Gasteiger partial charge in [-0.3, -0.25) is 4.79 Å². The Morgan fingerprint density at radius 1 is 1.27 bits per heavy atom. The van der Waals surface area contributed by atoms with Crippen molar-refractivity contribution in [1.29, 1.82) is 0 Å². The van der Waals surface area contributed by atoms with E-state index in [1.165, 1.54) is 12.0 Å². The summed E-state index contributed by atoms with van der Waals surface area (Å²) in [5.74, 6) is -0.0611. The zero-order valence-electron chi connectivity index (χ0n) is 15.2. The third-order valence-corrected chi connectivity index (χ3v) is 4.27. The van der Waals surface area contributed by atoms with Crippen LogP contribution in [0.5, 0.6) is 5.75 Å². The van der Waals surface area contributed by atoms with Crippen molar-refractivity contribution in [2.75, 3.05) is 45.3 Å². The molecule has 3 amide bonds. The molecule has 0 unspecified atom stereocenters. The highest BCUT2D eigenvalue weighted by Crippen LogP contribution is 2.28. The van der Waals surface area contributed by atoms with E-state index in [1.807, 2.05) is 13.0 Å². The lowest BCUT2D eigenvalue weighted by molar-refractivity contribution is -0.135. The van der Waals surface area contributed by atoms with E-state index in [9.17, 15) is 14.0 Å². The molecule has 1 aromatic carbocycles. The van der Waals surface area contributed by atoms with E-state index in [1.54, 1.807) is 18.2 Å². The fraction of sp³-hybridized carbons (Fsp3) is 0.556. The van der Waals surface area contributed by atoms with Crippen LogP contribution >= 0.6 is 0 Å². The number of para-hydroxylation sites is 2. The standard InChI is InChI=1S/C18H26FN3O4/c1-3-26-15-7-5-4-6-14(15)21-17(24)22-11-8-18(19,9-12-22)16(23)20-10-13-25-2/h4-7H,3,8-13H2,1-2H3,(H,20,23)(H,21,24). The zero-order chi connectivity index (χ0) is 19.0. The van der Waals surface area contributed by atoms with E-state index in [2.05, 4.69) is 10.6 Å². The van der Waals surface area contributed by atoms with Gasteiger partial charge in [-0.15, -0.1) is 0 Å². The fourth-order valence-corrected chi connectivity index (χ4v) is 2.76. The molecule has 26 heavy (non-hydrogen) atoms. The van der Waals surface area contributed by atoms with Gasteiger partial charge in [0.2, 0.25) is 0 Å². The Balaban J connectivity index is 1.89. The lowest BCUT2D eigenvalue weighted by Gasteiger charge is -2.35. The molecule has 1 saturated heterocycles. The maximum atomic E-state index is 14.8. The number of carbonyl (C=O) groups is 2. The Labute approximate surface area is 152 Å². The average molecular weight is 367 g/mol. The van der Waals surface area contributed by atoms with Gasteiger partial charge < -0.3 is 25.0 Å². The number of benzene rings is 1. The normalized spacial score (nSPS) is 16.0. The van der Waals surface area contributed by atoms with E-state index >= 15 is 0 Å². The van der Waals surface area contributed by atoms with Crippen LogP contribution in [0.15, 0.2) is 24.3 Å². The summed E-state index contributed by atoms with van der Waals surface area (Å²) >= 11 is 0. The molecule has 2 N–H and O–H groups in total. The highest BCUT2D eigenvalue weighted by Gasteiger charge is 2.42. The second-order valence-electron chi connectivity index (χ2n) is 6.06. The second-order valence-corrected chi connectivity index (χ2v) is 6.06. The molecule has 144 valence electrons. The van der Waals surface area contributed by atoms with Crippen LogP contribution in [0.1, 0.15) is 19.8 Å². The van der Waals surface area contributed by atoms with Crippen LogP contribution in [0, 0.1) is 0 Å². The summed E-state index contributed by atoms with van der Waals surface area (Å²) in [6.07, 6.45) is -0.0707. The number of amides is 3. The van der Waals surface area contributed by atoms with E-state index in [4.69, 9.17) is 9.47 Å². The van der Waals surface area contributed by atoms with E-state index in [-0.39, 0.29) is 38.5 Å². The fourth-order valence-electron chi connectivity index (χ4n) is 2.76. The number of alkyl halides is 1. The minimum atomic E-state index is -1.95. The van der Waals surface area contributed by atoms with Gasteiger partial charge in [0, 0.05) is 39.6 Å². The van der Waals surface area contributed by atoms with E-state index < -0.39 is 11.6 Å². The Morgan fingerprint density at radius 3 is 2.62 bits per heavy atom. The van der Waals surface area contributed by atoms with Crippen molar-refractivity contribution in [3.05, 3.63) is 24.3 Å². The van der Waals surface area contributed by atoms with Crippen molar-refractivity contribution in [3.8, 4) is 5.75 Å². The lowest BCUT2D eigenvalue weighted by Crippen LogP contribution is -2.53. The summed E-state index contributed by atoms with van der Waals surface area (Å²) in [6, 6.07) is 6.80. The predicted octanol–water partition coefficient (Wildman–Crippen LogP) is 2.18. The van der Waals surface area contributed by atoms with Crippen LogP contribution < -0.4 is 15.4 Å². The van der Waals surface area contributed by atoms with Gasteiger partial charge in [-0.25, -0.2) is 9.18 Å². The largest absolute Gasteiger partial charge is 0.492 e. The zero-order valence-corrected chi connectivity index (χ0v) is 15.2. The van der Waals surface area contributed by atoms with Crippen molar-refractivity contribution in [2.24, 2.45) is 0 Å². The minimum absolute atomic E-state index is 0.0354. The number of hydrogen-bond donors (Lipinski definition) is 2. The van der Waals surface area contributed by atoms with Gasteiger partial charge in [-0.1, -0.05) is 12.1 Å². The number of likely N-dealkylation sites (tertiary alicyclic amines) is 1. The molecule has 0 spiro atoms. The molecule has 1 aromatic rings. The number of ether oxygens (including phenoxy) is 2. The third-order valence-electron chi connectivity index (χ3n) is 4.27. The molecule has 0 saturated carbocycles. The third kappa shape index (κ3) is 5.08. The molecule has 0 bridgehead atoms. The number of piperidine rings is 1. The number of anilines is 1. The highest BCUT2D eigenvalue weighted by atomic mass is 19.1. The molecular formula is C18H26FN3O4. The van der Waals surface area contributed by atoms with E-state index in [0.717, 1.165) is 0 Å². The van der Waals surface area contributed by atoms with E-state index in [0.29, 0.717) is 24.7 Å². The van der Waals surface area contributed by atoms with Crippen molar-refractivity contribution < 1.29 is 23.5 Å². The Bertz CT molecular complexity index is 618. The van der Waals surface area contributed by atoms with Crippen LogP contribution in [0.2, 0.25) is 0 Å². The SMILES string of the molecule is CCOc1ccccc1NC(=O)N1CCC(F)(C(=O)NCCOC)CC1. The van der Waals surface area contributed by atoms with Gasteiger partial charge in [0.1, 0.15) is 5.75 Å². The maximum absolute atomic E-state index is 14.8. The van der Waals surface area contributed by atoms with Crippen LogP contribution in [0.25, 0.3) is 0 Å². The van der Waals surface area contributed by atoms with Crippen molar-refractivity contribution in [1.82, 2.24) is 10.2 Å². The monoisotopic (exact) mass is 367 g/mol. The lowest BCUT2D eigenvalue weighted by atomic mass is 9.92. The van der Waals surface area contributed by atoms with Crippen molar-refractivity contribution in [2.45, 2.75) is 25.4 Å². The van der Waals surface area contributed by atoms with Crippen LogP contribution in [0.3, 0.4) is 0 Å². The summed E-state index contributed by atoms with van der Waals surface area (Å²) in [4.78, 5) is 25.9. The molecular weight excluding hydrogens is 341 g/mol. The van der Waals surface area contributed by atoms with Gasteiger partial charge in [0.05, 0.1) is 18.9 Å². The summed E-state index contributed by atoms with van der Waals surface area (Å²) in [5.41, 5.74) is -1.39. The first-order valence-corrected chi connectivity index (χ1v) is 8.74. The Morgan fingerprint density at radius 2 is 1.96 bits per heavy atom.